The monoisotopic (exact) mass is 271 g/mol. The molecule has 1 heterocycles. The van der Waals surface area contributed by atoms with Crippen LogP contribution in [0.2, 0.25) is 5.02 Å². The first kappa shape index (κ1) is 14.5. The highest BCUT2D eigenvalue weighted by molar-refractivity contribution is 6.32. The smallest absolute Gasteiger partial charge is 0.224 e. The quantitative estimate of drug-likeness (QED) is 0.836. The van der Waals surface area contributed by atoms with Crippen molar-refractivity contribution in [3.05, 3.63) is 11.2 Å². The molecule has 0 aliphatic heterocycles. The molecule has 1 aromatic rings. The van der Waals surface area contributed by atoms with Gasteiger partial charge in [0, 0.05) is 27.7 Å². The minimum atomic E-state index is -0.149. The lowest BCUT2D eigenvalue weighted by molar-refractivity contribution is -0.123. The number of nitrogens with one attached hydrogen (secondary N) is 2. The van der Waals surface area contributed by atoms with Crippen molar-refractivity contribution in [2.45, 2.75) is 6.92 Å². The molecular weight excluding hydrogens is 254 g/mol. The van der Waals surface area contributed by atoms with Gasteiger partial charge in [0.25, 0.3) is 0 Å². The summed E-state index contributed by atoms with van der Waals surface area (Å²) in [6.45, 7) is 2.38. The van der Waals surface area contributed by atoms with Crippen LogP contribution >= 0.6 is 11.6 Å². The summed E-state index contributed by atoms with van der Waals surface area (Å²) in [6.07, 6.45) is 1.54. The van der Waals surface area contributed by atoms with Crippen LogP contribution in [0.3, 0.4) is 0 Å². The van der Waals surface area contributed by atoms with Crippen LogP contribution < -0.4 is 15.5 Å². The van der Waals surface area contributed by atoms with Crippen molar-refractivity contribution in [3.63, 3.8) is 0 Å². The number of carbonyl (C=O) groups is 1. The van der Waals surface area contributed by atoms with Crippen LogP contribution in [-0.2, 0) is 4.79 Å². The molecule has 1 atom stereocenters. The molecule has 0 spiro atoms. The zero-order valence-electron chi connectivity index (χ0n) is 11.0. The molecule has 1 unspecified atom stereocenters. The van der Waals surface area contributed by atoms with E-state index in [-0.39, 0.29) is 11.8 Å². The fourth-order valence-electron chi connectivity index (χ4n) is 1.57. The molecule has 1 amide bonds. The molecule has 0 bridgehead atoms. The molecule has 0 saturated carbocycles. The zero-order chi connectivity index (χ0) is 13.7. The van der Waals surface area contributed by atoms with Crippen LogP contribution in [0, 0.1) is 5.92 Å². The van der Waals surface area contributed by atoms with Crippen LogP contribution in [0.4, 0.5) is 11.8 Å². The van der Waals surface area contributed by atoms with Gasteiger partial charge in [-0.1, -0.05) is 18.5 Å². The average Bonchev–Trinajstić information content (AvgIpc) is 2.38. The predicted octanol–water partition coefficient (Wildman–Crippen LogP) is 0.990. The van der Waals surface area contributed by atoms with Gasteiger partial charge in [-0.15, -0.1) is 0 Å². The van der Waals surface area contributed by atoms with Crippen molar-refractivity contribution in [3.8, 4) is 0 Å². The molecule has 0 saturated heterocycles. The van der Waals surface area contributed by atoms with Gasteiger partial charge in [-0.2, -0.15) is 4.98 Å². The summed E-state index contributed by atoms with van der Waals surface area (Å²) in [7, 11) is 5.20. The van der Waals surface area contributed by atoms with E-state index in [1.54, 1.807) is 14.1 Å². The van der Waals surface area contributed by atoms with E-state index in [4.69, 9.17) is 11.6 Å². The predicted molar refractivity (Wildman–Crippen MR) is 73.1 cm³/mol. The Hall–Kier alpha value is -1.56. The third-order valence-corrected chi connectivity index (χ3v) is 2.82. The number of hydrogen-bond acceptors (Lipinski definition) is 5. The molecule has 7 heteroatoms. The van der Waals surface area contributed by atoms with Crippen LogP contribution in [-0.4, -0.2) is 43.6 Å². The van der Waals surface area contributed by atoms with Gasteiger partial charge in [-0.25, -0.2) is 4.98 Å². The Balaban J connectivity index is 2.83. The molecule has 0 aliphatic rings. The molecule has 2 N–H and O–H groups in total. The molecule has 0 aromatic carbocycles. The minimum Gasteiger partial charge on any atom is -0.359 e. The standard InChI is InChI=1S/C11H18ClN5O/c1-7(10(18)13-2)6-17(4)9-8(12)5-15-11(14-3)16-9/h5,7H,6H2,1-4H3,(H,13,18)(H,14,15,16). The number of rotatable bonds is 5. The number of carbonyl (C=O) groups excluding carboxylic acids is 1. The van der Waals surface area contributed by atoms with Crippen molar-refractivity contribution < 1.29 is 4.79 Å². The first-order chi connectivity index (χ1) is 8.49. The first-order valence-corrected chi connectivity index (χ1v) is 6.00. The lowest BCUT2D eigenvalue weighted by Crippen LogP contribution is -2.34. The fraction of sp³-hybridized carbons (Fsp3) is 0.545. The van der Waals surface area contributed by atoms with Gasteiger partial charge in [0.05, 0.1) is 12.1 Å². The molecule has 100 valence electrons. The number of halogens is 1. The molecular formula is C11H18ClN5O. The SMILES string of the molecule is CNC(=O)C(C)CN(C)c1nc(NC)ncc1Cl. The van der Waals surface area contributed by atoms with Crippen molar-refractivity contribution in [2.75, 3.05) is 37.9 Å². The number of aromatic nitrogens is 2. The molecule has 18 heavy (non-hydrogen) atoms. The second-order valence-electron chi connectivity index (χ2n) is 4.01. The molecule has 0 fully saturated rings. The molecule has 6 nitrogen and oxygen atoms in total. The van der Waals surface area contributed by atoms with E-state index in [0.29, 0.717) is 23.3 Å². The Bertz CT molecular complexity index is 426. The second kappa shape index (κ2) is 6.39. The Morgan fingerprint density at radius 1 is 1.56 bits per heavy atom. The van der Waals surface area contributed by atoms with Crippen molar-refractivity contribution in [1.29, 1.82) is 0 Å². The Labute approximate surface area is 112 Å². The van der Waals surface area contributed by atoms with E-state index >= 15 is 0 Å². The van der Waals surface area contributed by atoms with Gasteiger partial charge in [-0.05, 0) is 0 Å². The highest BCUT2D eigenvalue weighted by Crippen LogP contribution is 2.23. The largest absolute Gasteiger partial charge is 0.359 e. The van der Waals surface area contributed by atoms with E-state index in [1.165, 1.54) is 6.20 Å². The normalized spacial score (nSPS) is 11.8. The van der Waals surface area contributed by atoms with Gasteiger partial charge in [0.15, 0.2) is 5.82 Å². The highest BCUT2D eigenvalue weighted by Gasteiger charge is 2.17. The maximum atomic E-state index is 11.5. The topological polar surface area (TPSA) is 70.2 Å². The summed E-state index contributed by atoms with van der Waals surface area (Å²) in [6, 6.07) is 0. The summed E-state index contributed by atoms with van der Waals surface area (Å²) in [5, 5.41) is 5.92. The second-order valence-corrected chi connectivity index (χ2v) is 4.42. The van der Waals surface area contributed by atoms with Gasteiger partial charge in [0.1, 0.15) is 5.02 Å². The number of anilines is 2. The maximum absolute atomic E-state index is 11.5. The molecule has 1 aromatic heterocycles. The van der Waals surface area contributed by atoms with E-state index in [0.717, 1.165) is 0 Å². The van der Waals surface area contributed by atoms with Crippen LogP contribution in [0.5, 0.6) is 0 Å². The first-order valence-electron chi connectivity index (χ1n) is 5.62. The summed E-state index contributed by atoms with van der Waals surface area (Å²) in [4.78, 5) is 21.6. The number of nitrogens with zero attached hydrogens (tertiary/aromatic N) is 3. The summed E-state index contributed by atoms with van der Waals surface area (Å²) in [5.74, 6) is 0.936. The van der Waals surface area contributed by atoms with Crippen LogP contribution in [0.1, 0.15) is 6.92 Å². The Morgan fingerprint density at radius 2 is 2.22 bits per heavy atom. The Morgan fingerprint density at radius 3 is 2.78 bits per heavy atom. The van der Waals surface area contributed by atoms with E-state index in [1.807, 2.05) is 18.9 Å². The Kier molecular flexibility index (Phi) is 5.15. The highest BCUT2D eigenvalue weighted by atomic mass is 35.5. The third-order valence-electron chi connectivity index (χ3n) is 2.55. The van der Waals surface area contributed by atoms with Crippen LogP contribution in [0.25, 0.3) is 0 Å². The van der Waals surface area contributed by atoms with Gasteiger partial charge in [0.2, 0.25) is 11.9 Å². The molecule has 0 aliphatic carbocycles. The number of amides is 1. The summed E-state index contributed by atoms with van der Waals surface area (Å²) >= 11 is 6.05. The summed E-state index contributed by atoms with van der Waals surface area (Å²) < 4.78 is 0. The summed E-state index contributed by atoms with van der Waals surface area (Å²) in [5.41, 5.74) is 0. The fourth-order valence-corrected chi connectivity index (χ4v) is 1.81. The van der Waals surface area contributed by atoms with Crippen molar-refractivity contribution in [2.24, 2.45) is 5.92 Å². The molecule has 1 rings (SSSR count). The van der Waals surface area contributed by atoms with Crippen molar-refractivity contribution >= 4 is 29.3 Å². The van der Waals surface area contributed by atoms with Crippen LogP contribution in [0.15, 0.2) is 6.20 Å². The minimum absolute atomic E-state index is 0.0131. The van der Waals surface area contributed by atoms with Gasteiger partial charge >= 0.3 is 0 Å². The maximum Gasteiger partial charge on any atom is 0.224 e. The number of hydrogen-bond donors (Lipinski definition) is 2. The van der Waals surface area contributed by atoms with E-state index in [9.17, 15) is 4.79 Å². The third kappa shape index (κ3) is 3.46. The van der Waals surface area contributed by atoms with Gasteiger partial charge in [-0.3, -0.25) is 4.79 Å². The van der Waals surface area contributed by atoms with Crippen molar-refractivity contribution in [1.82, 2.24) is 15.3 Å². The van der Waals surface area contributed by atoms with Gasteiger partial charge < -0.3 is 15.5 Å². The average molecular weight is 272 g/mol. The lowest BCUT2D eigenvalue weighted by atomic mass is 10.1. The molecule has 0 radical (unpaired) electrons. The lowest BCUT2D eigenvalue weighted by Gasteiger charge is -2.22. The zero-order valence-corrected chi connectivity index (χ0v) is 11.7. The van der Waals surface area contributed by atoms with E-state index in [2.05, 4.69) is 20.6 Å². The van der Waals surface area contributed by atoms with E-state index < -0.39 is 0 Å².